The van der Waals surface area contributed by atoms with Gasteiger partial charge in [-0.25, -0.2) is 4.98 Å². The normalized spacial score (nSPS) is 20.7. The molecular weight excluding hydrogens is 210 g/mol. The largest absolute Gasteiger partial charge is 0.381 e. The van der Waals surface area contributed by atoms with Crippen LogP contribution in [0.4, 0.5) is 0 Å². The van der Waals surface area contributed by atoms with E-state index in [1.165, 1.54) is 0 Å². The molecule has 82 valence electrons. The molecule has 4 heteroatoms. The number of aromatic nitrogens is 1. The van der Waals surface area contributed by atoms with Crippen LogP contribution in [0.2, 0.25) is 0 Å². The highest BCUT2D eigenvalue weighted by molar-refractivity contribution is 7.09. The van der Waals surface area contributed by atoms with Crippen molar-refractivity contribution in [1.29, 1.82) is 0 Å². The van der Waals surface area contributed by atoms with Crippen molar-refractivity contribution in [3.05, 3.63) is 16.1 Å². The Morgan fingerprint density at radius 2 is 2.60 bits per heavy atom. The average Bonchev–Trinajstić information content (AvgIpc) is 2.77. The van der Waals surface area contributed by atoms with Crippen LogP contribution in [0, 0.1) is 12.8 Å². The van der Waals surface area contributed by atoms with E-state index in [-0.39, 0.29) is 5.78 Å². The van der Waals surface area contributed by atoms with Crippen molar-refractivity contribution in [1.82, 2.24) is 4.98 Å². The fourth-order valence-electron chi connectivity index (χ4n) is 1.83. The molecule has 2 heterocycles. The fourth-order valence-corrected chi connectivity index (χ4v) is 2.44. The van der Waals surface area contributed by atoms with E-state index in [9.17, 15) is 4.79 Å². The monoisotopic (exact) mass is 225 g/mol. The van der Waals surface area contributed by atoms with Crippen LogP contribution in [0.1, 0.15) is 23.5 Å². The summed E-state index contributed by atoms with van der Waals surface area (Å²) >= 11 is 1.60. The maximum atomic E-state index is 11.7. The van der Waals surface area contributed by atoms with Gasteiger partial charge in [0.25, 0.3) is 0 Å². The highest BCUT2D eigenvalue weighted by Crippen LogP contribution is 2.18. The molecule has 0 aliphatic carbocycles. The van der Waals surface area contributed by atoms with Gasteiger partial charge in [0.2, 0.25) is 0 Å². The predicted octanol–water partition coefficient (Wildman–Crippen LogP) is 1.99. The number of carbonyl (C=O) groups excluding carboxylic acids is 1. The Kier molecular flexibility index (Phi) is 3.49. The van der Waals surface area contributed by atoms with Crippen LogP contribution < -0.4 is 0 Å². The van der Waals surface area contributed by atoms with Gasteiger partial charge < -0.3 is 4.74 Å². The van der Waals surface area contributed by atoms with Crippen molar-refractivity contribution in [2.45, 2.75) is 26.2 Å². The molecule has 3 nitrogen and oxygen atoms in total. The van der Waals surface area contributed by atoms with E-state index in [0.29, 0.717) is 18.8 Å². The molecule has 2 rings (SSSR count). The van der Waals surface area contributed by atoms with E-state index in [4.69, 9.17) is 4.74 Å². The van der Waals surface area contributed by atoms with Crippen molar-refractivity contribution in [2.75, 3.05) is 13.2 Å². The van der Waals surface area contributed by atoms with Crippen molar-refractivity contribution in [2.24, 2.45) is 5.92 Å². The standard InChI is InChI=1S/C11H15NO2S/c1-8-12-10(7-15-8)5-11(13)4-9-2-3-14-6-9/h7,9H,2-6H2,1H3. The van der Waals surface area contributed by atoms with Crippen LogP contribution in [-0.2, 0) is 16.0 Å². The van der Waals surface area contributed by atoms with Gasteiger partial charge >= 0.3 is 0 Å². The Morgan fingerprint density at radius 1 is 1.73 bits per heavy atom. The topological polar surface area (TPSA) is 39.2 Å². The van der Waals surface area contributed by atoms with Gasteiger partial charge in [-0.2, -0.15) is 0 Å². The lowest BCUT2D eigenvalue weighted by atomic mass is 10.00. The predicted molar refractivity (Wildman–Crippen MR) is 59.1 cm³/mol. The molecule has 1 aromatic heterocycles. The minimum atomic E-state index is 0.288. The number of hydrogen-bond donors (Lipinski definition) is 0. The van der Waals surface area contributed by atoms with Gasteiger partial charge in [0, 0.05) is 31.4 Å². The number of thiazole rings is 1. The minimum absolute atomic E-state index is 0.288. The summed E-state index contributed by atoms with van der Waals surface area (Å²) < 4.78 is 5.25. The summed E-state index contributed by atoms with van der Waals surface area (Å²) in [6, 6.07) is 0. The molecule has 1 atom stereocenters. The third kappa shape index (κ3) is 3.11. The number of ketones is 1. The number of carbonyl (C=O) groups is 1. The number of rotatable bonds is 4. The van der Waals surface area contributed by atoms with Crippen molar-refractivity contribution in [3.8, 4) is 0 Å². The summed E-state index contributed by atoms with van der Waals surface area (Å²) in [5, 5.41) is 3.00. The van der Waals surface area contributed by atoms with Gasteiger partial charge in [0.1, 0.15) is 5.78 Å². The van der Waals surface area contributed by atoms with E-state index in [1.54, 1.807) is 11.3 Å². The molecule has 1 saturated heterocycles. The first-order valence-electron chi connectivity index (χ1n) is 5.24. The summed E-state index contributed by atoms with van der Waals surface area (Å²) in [6.07, 6.45) is 2.17. The van der Waals surface area contributed by atoms with Crippen LogP contribution in [0.25, 0.3) is 0 Å². The van der Waals surface area contributed by atoms with Gasteiger partial charge in [-0.05, 0) is 19.3 Å². The molecule has 0 saturated carbocycles. The Bertz CT molecular complexity index is 342. The van der Waals surface area contributed by atoms with Crippen LogP contribution in [0.3, 0.4) is 0 Å². The Hall–Kier alpha value is -0.740. The number of aryl methyl sites for hydroxylation is 1. The first-order valence-corrected chi connectivity index (χ1v) is 6.12. The lowest BCUT2D eigenvalue weighted by Gasteiger charge is -2.04. The summed E-state index contributed by atoms with van der Waals surface area (Å²) in [5.74, 6) is 0.730. The van der Waals surface area contributed by atoms with Crippen molar-refractivity contribution in [3.63, 3.8) is 0 Å². The second-order valence-corrected chi connectivity index (χ2v) is 5.07. The highest BCUT2D eigenvalue weighted by Gasteiger charge is 2.19. The fraction of sp³-hybridized carbons (Fsp3) is 0.636. The number of nitrogens with zero attached hydrogens (tertiary/aromatic N) is 1. The molecule has 0 N–H and O–H groups in total. The molecule has 1 aromatic rings. The SMILES string of the molecule is Cc1nc(CC(=O)CC2CCOC2)cs1. The molecule has 0 bridgehead atoms. The third-order valence-corrected chi connectivity index (χ3v) is 3.41. The van der Waals surface area contributed by atoms with E-state index >= 15 is 0 Å². The molecule has 1 unspecified atom stereocenters. The third-order valence-electron chi connectivity index (χ3n) is 2.59. The quantitative estimate of drug-likeness (QED) is 0.786. The first kappa shape index (κ1) is 10.8. The molecule has 15 heavy (non-hydrogen) atoms. The van der Waals surface area contributed by atoms with Gasteiger partial charge in [-0.1, -0.05) is 0 Å². The smallest absolute Gasteiger partial charge is 0.139 e. The summed E-state index contributed by atoms with van der Waals surface area (Å²) in [6.45, 7) is 3.53. The van der Waals surface area contributed by atoms with Crippen molar-refractivity contribution < 1.29 is 9.53 Å². The van der Waals surface area contributed by atoms with Gasteiger partial charge in [0.05, 0.1) is 10.7 Å². The Morgan fingerprint density at radius 3 is 3.20 bits per heavy atom. The molecule has 1 aliphatic rings. The zero-order valence-corrected chi connectivity index (χ0v) is 9.68. The lowest BCUT2D eigenvalue weighted by molar-refractivity contribution is -0.119. The summed E-state index contributed by atoms with van der Waals surface area (Å²) in [5.41, 5.74) is 0.918. The minimum Gasteiger partial charge on any atom is -0.381 e. The van der Waals surface area contributed by atoms with Gasteiger partial charge in [0.15, 0.2) is 0 Å². The van der Waals surface area contributed by atoms with Gasteiger partial charge in [-0.15, -0.1) is 11.3 Å². The van der Waals surface area contributed by atoms with Crippen molar-refractivity contribution >= 4 is 17.1 Å². The average molecular weight is 225 g/mol. The zero-order chi connectivity index (χ0) is 10.7. The Balaban J connectivity index is 1.81. The van der Waals surface area contributed by atoms with E-state index in [0.717, 1.165) is 30.3 Å². The first-order chi connectivity index (χ1) is 7.24. The Labute approximate surface area is 93.5 Å². The molecule has 1 aliphatic heterocycles. The van der Waals surface area contributed by atoms with E-state index in [2.05, 4.69) is 4.98 Å². The summed E-state index contributed by atoms with van der Waals surface area (Å²) in [7, 11) is 0. The van der Waals surface area contributed by atoms with E-state index in [1.807, 2.05) is 12.3 Å². The summed E-state index contributed by atoms with van der Waals surface area (Å²) in [4.78, 5) is 16.0. The van der Waals surface area contributed by atoms with Crippen LogP contribution >= 0.6 is 11.3 Å². The zero-order valence-electron chi connectivity index (χ0n) is 8.86. The van der Waals surface area contributed by atoms with Crippen LogP contribution in [0.15, 0.2) is 5.38 Å². The lowest BCUT2D eigenvalue weighted by Crippen LogP contribution is -2.10. The van der Waals surface area contributed by atoms with E-state index < -0.39 is 0 Å². The maximum Gasteiger partial charge on any atom is 0.139 e. The second-order valence-electron chi connectivity index (χ2n) is 4.01. The molecule has 1 fully saturated rings. The number of ether oxygens (including phenoxy) is 1. The molecular formula is C11H15NO2S. The second kappa shape index (κ2) is 4.86. The molecule has 0 amide bonds. The molecule has 0 spiro atoms. The number of Topliss-reactive ketones (excluding diaryl/α,β-unsaturated/α-hetero) is 1. The molecule has 0 aromatic carbocycles. The van der Waals surface area contributed by atoms with Crippen LogP contribution in [0.5, 0.6) is 0 Å². The van der Waals surface area contributed by atoms with Crippen LogP contribution in [-0.4, -0.2) is 24.0 Å². The molecule has 0 radical (unpaired) electrons. The maximum absolute atomic E-state index is 11.7. The van der Waals surface area contributed by atoms with Gasteiger partial charge in [-0.3, -0.25) is 4.79 Å². The highest BCUT2D eigenvalue weighted by atomic mass is 32.1. The number of hydrogen-bond acceptors (Lipinski definition) is 4.